The topological polar surface area (TPSA) is 80.2 Å². The fraction of sp³-hybridized carbons (Fsp3) is 0.267. The summed E-state index contributed by atoms with van der Waals surface area (Å²) < 4.78 is 7.59. The Morgan fingerprint density at radius 1 is 1.20 bits per heavy atom. The molecule has 1 fully saturated rings. The number of likely N-dealkylation sites (tertiary alicyclic amines) is 1. The quantitative estimate of drug-likeness (QED) is 0.121. The van der Waals surface area contributed by atoms with Crippen LogP contribution in [0.5, 0.6) is 5.75 Å². The number of nitrogens with one attached hydrogen (secondary N) is 1. The van der Waals surface area contributed by atoms with E-state index in [1.807, 2.05) is 61.4 Å². The number of carbonyl (C=O) groups is 1. The molecule has 10 heteroatoms. The van der Waals surface area contributed by atoms with Gasteiger partial charge in [-0.2, -0.15) is 0 Å². The summed E-state index contributed by atoms with van der Waals surface area (Å²) in [5.74, 6) is 1.85. The number of piperidine rings is 1. The molecule has 0 radical (unpaired) electrons. The van der Waals surface area contributed by atoms with Crippen LogP contribution in [0, 0.1) is 6.92 Å². The Kier molecular flexibility index (Phi) is 8.98. The first-order valence-corrected chi connectivity index (χ1v) is 15.6. The van der Waals surface area contributed by atoms with Gasteiger partial charge < -0.3 is 15.0 Å². The molecule has 0 saturated carbocycles. The Labute approximate surface area is 246 Å². The van der Waals surface area contributed by atoms with E-state index in [1.54, 1.807) is 47.6 Å². The van der Waals surface area contributed by atoms with Crippen LogP contribution in [0.25, 0.3) is 10.2 Å². The normalized spacial score (nSPS) is 14.9. The SMILES string of the molecule is C=C(/C=C(Oc1cccnc1C)\C(=C/C)Sc1ccnc2ccsc12)Nc1nc(C2CCN(C(C)=O)CC2)cs1. The number of ether oxygens (including phenoxy) is 1. The van der Waals surface area contributed by atoms with E-state index in [-0.39, 0.29) is 5.91 Å². The third-order valence-electron chi connectivity index (χ3n) is 6.66. The van der Waals surface area contributed by atoms with Crippen LogP contribution in [0.2, 0.25) is 0 Å². The lowest BCUT2D eigenvalue weighted by atomic mass is 9.94. The summed E-state index contributed by atoms with van der Waals surface area (Å²) >= 11 is 4.88. The smallest absolute Gasteiger partial charge is 0.219 e. The van der Waals surface area contributed by atoms with Crippen molar-refractivity contribution in [3.05, 3.63) is 93.9 Å². The average Bonchev–Trinajstić information content (AvgIpc) is 3.63. The third-order valence-corrected chi connectivity index (χ3v) is 9.72. The first-order valence-electron chi connectivity index (χ1n) is 13.1. The number of hydrogen-bond donors (Lipinski definition) is 1. The molecule has 1 amide bonds. The molecular formula is C30H31N5O2S3. The molecule has 5 rings (SSSR count). The molecule has 0 atom stereocenters. The number of anilines is 1. The van der Waals surface area contributed by atoms with Gasteiger partial charge in [0.25, 0.3) is 0 Å². The zero-order chi connectivity index (χ0) is 28.1. The summed E-state index contributed by atoms with van der Waals surface area (Å²) in [5.41, 5.74) is 3.52. The van der Waals surface area contributed by atoms with Gasteiger partial charge in [0.05, 0.1) is 26.5 Å². The number of carbonyl (C=O) groups excluding carboxylic acids is 1. The van der Waals surface area contributed by atoms with Crippen LogP contribution in [0.15, 0.2) is 87.4 Å². The van der Waals surface area contributed by atoms with E-state index >= 15 is 0 Å². The van der Waals surface area contributed by atoms with Gasteiger partial charge in [0, 0.05) is 60.4 Å². The van der Waals surface area contributed by atoms with E-state index in [9.17, 15) is 4.79 Å². The lowest BCUT2D eigenvalue weighted by molar-refractivity contribution is -0.129. The monoisotopic (exact) mass is 589 g/mol. The first kappa shape index (κ1) is 28.1. The highest BCUT2D eigenvalue weighted by atomic mass is 32.2. The fourth-order valence-corrected chi connectivity index (χ4v) is 7.24. The molecule has 206 valence electrons. The molecule has 4 aromatic rings. The average molecular weight is 590 g/mol. The maximum absolute atomic E-state index is 11.7. The minimum absolute atomic E-state index is 0.143. The number of aromatic nitrogens is 3. The van der Waals surface area contributed by atoms with Gasteiger partial charge in [0.1, 0.15) is 11.5 Å². The summed E-state index contributed by atoms with van der Waals surface area (Å²) in [6.07, 6.45) is 9.41. The Bertz CT molecular complexity index is 1580. The van der Waals surface area contributed by atoms with Gasteiger partial charge in [-0.15, -0.1) is 22.7 Å². The lowest BCUT2D eigenvalue weighted by Gasteiger charge is -2.30. The molecule has 0 spiro atoms. The number of amides is 1. The molecule has 7 nitrogen and oxygen atoms in total. The largest absolute Gasteiger partial charge is 0.454 e. The molecule has 0 aromatic carbocycles. The Morgan fingerprint density at radius 3 is 2.77 bits per heavy atom. The summed E-state index contributed by atoms with van der Waals surface area (Å²) in [5, 5.41) is 8.31. The molecule has 40 heavy (non-hydrogen) atoms. The van der Waals surface area contributed by atoms with Crippen LogP contribution in [-0.2, 0) is 4.79 Å². The van der Waals surface area contributed by atoms with Gasteiger partial charge in [-0.1, -0.05) is 24.4 Å². The first-order chi connectivity index (χ1) is 19.4. The van der Waals surface area contributed by atoms with Crippen molar-refractivity contribution >= 4 is 55.7 Å². The molecule has 0 bridgehead atoms. The molecule has 1 N–H and O–H groups in total. The zero-order valence-electron chi connectivity index (χ0n) is 22.7. The standard InChI is InChI=1S/C30H31N5O2S3/c1-5-27(40-28-8-13-32-23-11-16-38-29(23)28)26(37-25-7-6-12-31-20(25)3)17-19(2)33-30-34-24(18-39-30)22-9-14-35(15-10-22)21(4)36/h5-8,11-13,16-18,22H,2,9-10,14-15H2,1,3-4H3,(H,33,34)/b26-17+,27-5+. The van der Waals surface area contributed by atoms with Crippen molar-refractivity contribution in [2.24, 2.45) is 0 Å². The number of allylic oxidation sites excluding steroid dienone is 2. The van der Waals surface area contributed by atoms with Crippen molar-refractivity contribution in [3.8, 4) is 5.75 Å². The molecule has 1 aliphatic heterocycles. The van der Waals surface area contributed by atoms with E-state index in [0.29, 0.717) is 23.1 Å². The van der Waals surface area contributed by atoms with E-state index in [2.05, 4.69) is 32.6 Å². The highest BCUT2D eigenvalue weighted by Crippen LogP contribution is 2.39. The van der Waals surface area contributed by atoms with Crippen molar-refractivity contribution in [1.82, 2.24) is 19.9 Å². The van der Waals surface area contributed by atoms with Crippen molar-refractivity contribution in [2.45, 2.75) is 44.4 Å². The van der Waals surface area contributed by atoms with Crippen LogP contribution >= 0.6 is 34.4 Å². The number of thiophene rings is 1. The van der Waals surface area contributed by atoms with Gasteiger partial charge in [0.15, 0.2) is 5.13 Å². The maximum atomic E-state index is 11.7. The van der Waals surface area contributed by atoms with Crippen molar-refractivity contribution in [3.63, 3.8) is 0 Å². The summed E-state index contributed by atoms with van der Waals surface area (Å²) in [6, 6.07) is 7.85. The number of aryl methyl sites for hydroxylation is 1. The van der Waals surface area contributed by atoms with Crippen molar-refractivity contribution < 1.29 is 9.53 Å². The minimum Gasteiger partial charge on any atom is -0.454 e. The predicted octanol–water partition coefficient (Wildman–Crippen LogP) is 7.77. The van der Waals surface area contributed by atoms with E-state index in [4.69, 9.17) is 9.72 Å². The van der Waals surface area contributed by atoms with Crippen molar-refractivity contribution in [1.29, 1.82) is 0 Å². The number of thioether (sulfide) groups is 1. The highest BCUT2D eigenvalue weighted by Gasteiger charge is 2.24. The molecular weight excluding hydrogens is 559 g/mol. The highest BCUT2D eigenvalue weighted by molar-refractivity contribution is 8.03. The van der Waals surface area contributed by atoms with Gasteiger partial charge >= 0.3 is 0 Å². The van der Waals surface area contributed by atoms with E-state index in [1.165, 1.54) is 0 Å². The number of rotatable bonds is 9. The van der Waals surface area contributed by atoms with E-state index in [0.717, 1.165) is 62.5 Å². The summed E-state index contributed by atoms with van der Waals surface area (Å²) in [7, 11) is 0. The molecule has 1 aliphatic rings. The molecule has 1 saturated heterocycles. The van der Waals surface area contributed by atoms with Crippen LogP contribution < -0.4 is 10.1 Å². The van der Waals surface area contributed by atoms with Crippen LogP contribution in [0.3, 0.4) is 0 Å². The van der Waals surface area contributed by atoms with E-state index < -0.39 is 0 Å². The minimum atomic E-state index is 0.143. The van der Waals surface area contributed by atoms with Gasteiger partial charge in [-0.25, -0.2) is 4.98 Å². The number of pyridine rings is 2. The Hall–Kier alpha value is -3.47. The number of hydrogen-bond acceptors (Lipinski definition) is 9. The predicted molar refractivity (Wildman–Crippen MR) is 166 cm³/mol. The second-order valence-corrected chi connectivity index (χ2v) is 12.3. The van der Waals surface area contributed by atoms with Crippen LogP contribution in [0.4, 0.5) is 5.13 Å². The maximum Gasteiger partial charge on any atom is 0.219 e. The molecule has 4 aromatic heterocycles. The van der Waals surface area contributed by atoms with Gasteiger partial charge in [-0.05, 0) is 56.3 Å². The number of nitrogens with zero attached hydrogens (tertiary/aromatic N) is 4. The molecule has 0 aliphatic carbocycles. The van der Waals surface area contributed by atoms with Gasteiger partial charge in [-0.3, -0.25) is 14.8 Å². The zero-order valence-corrected chi connectivity index (χ0v) is 25.2. The summed E-state index contributed by atoms with van der Waals surface area (Å²) in [4.78, 5) is 29.4. The lowest BCUT2D eigenvalue weighted by Crippen LogP contribution is -2.36. The molecule has 5 heterocycles. The third kappa shape index (κ3) is 6.63. The Morgan fingerprint density at radius 2 is 2.02 bits per heavy atom. The number of fused-ring (bicyclic) bond motifs is 1. The van der Waals surface area contributed by atoms with Gasteiger partial charge in [0.2, 0.25) is 5.91 Å². The second-order valence-electron chi connectivity index (χ2n) is 9.40. The second kappa shape index (κ2) is 12.8. The molecule has 0 unspecified atom stereocenters. The van der Waals surface area contributed by atoms with Crippen LogP contribution in [0.1, 0.15) is 44.0 Å². The fourth-order valence-electron chi connectivity index (χ4n) is 4.50. The van der Waals surface area contributed by atoms with Crippen molar-refractivity contribution in [2.75, 3.05) is 18.4 Å². The Balaban J connectivity index is 1.35. The van der Waals surface area contributed by atoms with Crippen LogP contribution in [-0.4, -0.2) is 38.8 Å². The summed E-state index contributed by atoms with van der Waals surface area (Å²) in [6.45, 7) is 11.4. The number of thiazole rings is 1.